The third-order valence-corrected chi connectivity index (χ3v) is 6.13. The van der Waals surface area contributed by atoms with E-state index in [1.807, 2.05) is 29.2 Å². The Morgan fingerprint density at radius 3 is 2.17 bits per heavy atom. The van der Waals surface area contributed by atoms with Crippen LogP contribution in [0.15, 0.2) is 43.0 Å². The van der Waals surface area contributed by atoms with Crippen LogP contribution in [0, 0.1) is 5.92 Å². The van der Waals surface area contributed by atoms with E-state index in [1.54, 1.807) is 12.4 Å². The van der Waals surface area contributed by atoms with Crippen LogP contribution in [0.25, 0.3) is 11.1 Å². The minimum atomic E-state index is 0.0291. The number of piperidine rings is 1. The van der Waals surface area contributed by atoms with Crippen LogP contribution >= 0.6 is 0 Å². The first-order chi connectivity index (χ1) is 14.2. The van der Waals surface area contributed by atoms with Gasteiger partial charge in [0.2, 0.25) is 5.91 Å². The van der Waals surface area contributed by atoms with Gasteiger partial charge in [-0.1, -0.05) is 31.4 Å². The van der Waals surface area contributed by atoms with Gasteiger partial charge in [0.25, 0.3) is 5.91 Å². The van der Waals surface area contributed by atoms with Crippen LogP contribution in [0.5, 0.6) is 0 Å². The average Bonchev–Trinajstić information content (AvgIpc) is 2.80. The van der Waals surface area contributed by atoms with Crippen LogP contribution in [0.3, 0.4) is 0 Å². The van der Waals surface area contributed by atoms with E-state index in [9.17, 15) is 9.59 Å². The molecule has 2 heterocycles. The van der Waals surface area contributed by atoms with Gasteiger partial charge in [-0.15, -0.1) is 0 Å². The molecule has 2 aliphatic rings. The van der Waals surface area contributed by atoms with Gasteiger partial charge in [-0.3, -0.25) is 9.59 Å². The van der Waals surface area contributed by atoms with Crippen molar-refractivity contribution < 1.29 is 9.59 Å². The summed E-state index contributed by atoms with van der Waals surface area (Å²) in [6.45, 7) is 1.27. The van der Waals surface area contributed by atoms with Gasteiger partial charge in [0.15, 0.2) is 0 Å². The van der Waals surface area contributed by atoms with Gasteiger partial charge in [-0.2, -0.15) is 0 Å². The highest BCUT2D eigenvalue weighted by Crippen LogP contribution is 2.23. The summed E-state index contributed by atoms with van der Waals surface area (Å²) in [4.78, 5) is 35.3. The molecular formula is C23H28N4O2. The van der Waals surface area contributed by atoms with Crippen LogP contribution in [0.4, 0.5) is 0 Å². The van der Waals surface area contributed by atoms with Crippen molar-refractivity contribution in [1.29, 1.82) is 0 Å². The van der Waals surface area contributed by atoms with Crippen molar-refractivity contribution in [2.45, 2.75) is 51.0 Å². The summed E-state index contributed by atoms with van der Waals surface area (Å²) in [6.07, 6.45) is 12.4. The molecule has 0 bridgehead atoms. The van der Waals surface area contributed by atoms with Crippen LogP contribution < -0.4 is 5.32 Å². The maximum atomic E-state index is 12.8. The summed E-state index contributed by atoms with van der Waals surface area (Å²) >= 11 is 0. The minimum absolute atomic E-state index is 0.0291. The molecule has 1 aromatic heterocycles. The third-order valence-electron chi connectivity index (χ3n) is 6.13. The number of aromatic nitrogens is 2. The van der Waals surface area contributed by atoms with Crippen molar-refractivity contribution in [3.05, 3.63) is 48.5 Å². The second-order valence-electron chi connectivity index (χ2n) is 8.11. The van der Waals surface area contributed by atoms with E-state index < -0.39 is 0 Å². The Hall–Kier alpha value is -2.76. The van der Waals surface area contributed by atoms with Gasteiger partial charge >= 0.3 is 0 Å². The number of hydrogen-bond acceptors (Lipinski definition) is 4. The van der Waals surface area contributed by atoms with E-state index in [0.717, 1.165) is 36.8 Å². The Morgan fingerprint density at radius 2 is 1.52 bits per heavy atom. The summed E-state index contributed by atoms with van der Waals surface area (Å²) in [5.74, 6) is 0.242. The van der Waals surface area contributed by atoms with Gasteiger partial charge < -0.3 is 10.2 Å². The fraction of sp³-hybridized carbons (Fsp3) is 0.478. The van der Waals surface area contributed by atoms with Gasteiger partial charge in [0.05, 0.1) is 0 Å². The molecule has 152 valence electrons. The van der Waals surface area contributed by atoms with Crippen molar-refractivity contribution in [2.24, 2.45) is 5.92 Å². The van der Waals surface area contributed by atoms with Gasteiger partial charge in [0, 0.05) is 48.6 Å². The first kappa shape index (κ1) is 19.6. The number of hydrogen-bond donors (Lipinski definition) is 1. The molecule has 0 unspecified atom stereocenters. The lowest BCUT2D eigenvalue weighted by Crippen LogP contribution is -2.45. The molecule has 4 rings (SSSR count). The quantitative estimate of drug-likeness (QED) is 0.865. The fourth-order valence-electron chi connectivity index (χ4n) is 4.35. The lowest BCUT2D eigenvalue weighted by atomic mass is 9.92. The van der Waals surface area contributed by atoms with Crippen LogP contribution in [-0.2, 0) is 4.79 Å². The maximum Gasteiger partial charge on any atom is 0.253 e. The zero-order valence-electron chi connectivity index (χ0n) is 16.7. The minimum Gasteiger partial charge on any atom is -0.353 e. The Bertz CT molecular complexity index is 824. The van der Waals surface area contributed by atoms with E-state index in [2.05, 4.69) is 15.3 Å². The Kier molecular flexibility index (Phi) is 6.17. The van der Waals surface area contributed by atoms with Crippen LogP contribution in [0.1, 0.15) is 55.3 Å². The lowest BCUT2D eigenvalue weighted by molar-refractivity contribution is -0.127. The second-order valence-corrected chi connectivity index (χ2v) is 8.11. The molecule has 1 aromatic carbocycles. The molecule has 2 amide bonds. The number of likely N-dealkylation sites (tertiary alicyclic amines) is 1. The Morgan fingerprint density at radius 1 is 0.862 bits per heavy atom. The number of nitrogens with one attached hydrogen (secondary N) is 1. The topological polar surface area (TPSA) is 75.2 Å². The van der Waals surface area contributed by atoms with Crippen molar-refractivity contribution in [2.75, 3.05) is 13.1 Å². The lowest BCUT2D eigenvalue weighted by Gasteiger charge is -2.33. The first-order valence-electron chi connectivity index (χ1n) is 10.7. The monoisotopic (exact) mass is 392 g/mol. The van der Waals surface area contributed by atoms with E-state index in [4.69, 9.17) is 0 Å². The number of nitrogens with zero attached hydrogens (tertiary/aromatic N) is 3. The number of carbonyl (C=O) groups is 2. The highest BCUT2D eigenvalue weighted by atomic mass is 16.2. The molecular weight excluding hydrogens is 364 g/mol. The number of carbonyl (C=O) groups excluding carboxylic acids is 2. The molecule has 6 heteroatoms. The van der Waals surface area contributed by atoms with Gasteiger partial charge in [0.1, 0.15) is 6.33 Å². The van der Waals surface area contributed by atoms with Crippen molar-refractivity contribution in [3.63, 3.8) is 0 Å². The zero-order valence-corrected chi connectivity index (χ0v) is 16.7. The maximum absolute atomic E-state index is 12.8. The molecule has 0 atom stereocenters. The van der Waals surface area contributed by atoms with Crippen molar-refractivity contribution in [3.8, 4) is 11.1 Å². The number of amides is 2. The highest BCUT2D eigenvalue weighted by molar-refractivity contribution is 5.95. The van der Waals surface area contributed by atoms with Crippen molar-refractivity contribution >= 4 is 11.8 Å². The zero-order chi connectivity index (χ0) is 20.1. The van der Waals surface area contributed by atoms with Crippen molar-refractivity contribution in [1.82, 2.24) is 20.2 Å². The molecule has 1 aliphatic heterocycles. The first-order valence-corrected chi connectivity index (χ1v) is 10.7. The standard InChI is InChI=1S/C23H28N4O2/c28-22(26-21-4-2-1-3-5-21)18-10-12-27(13-11-18)23(29)19-8-6-17(7-9-19)20-14-24-16-25-15-20/h6-9,14-16,18,21H,1-5,10-13H2,(H,26,28). The van der Waals surface area contributed by atoms with E-state index in [1.165, 1.54) is 25.6 Å². The number of rotatable bonds is 4. The molecule has 29 heavy (non-hydrogen) atoms. The normalized spacial score (nSPS) is 18.4. The van der Waals surface area contributed by atoms with Crippen LogP contribution in [0.2, 0.25) is 0 Å². The number of benzene rings is 1. The van der Waals surface area contributed by atoms with Gasteiger partial charge in [-0.05, 0) is 43.4 Å². The smallest absolute Gasteiger partial charge is 0.253 e. The predicted octanol–water partition coefficient (Wildman–Crippen LogP) is 3.44. The molecule has 2 aromatic rings. The molecule has 1 saturated carbocycles. The summed E-state index contributed by atoms with van der Waals surface area (Å²) in [6, 6.07) is 7.91. The predicted molar refractivity (Wildman–Crippen MR) is 111 cm³/mol. The molecule has 0 radical (unpaired) electrons. The summed E-state index contributed by atoms with van der Waals surface area (Å²) in [5, 5.41) is 3.23. The van der Waals surface area contributed by atoms with E-state index in [0.29, 0.717) is 24.7 Å². The summed E-state index contributed by atoms with van der Waals surface area (Å²) in [7, 11) is 0. The second kappa shape index (κ2) is 9.16. The molecule has 1 saturated heterocycles. The van der Waals surface area contributed by atoms with E-state index in [-0.39, 0.29) is 17.7 Å². The molecule has 1 aliphatic carbocycles. The SMILES string of the molecule is O=C(NC1CCCCC1)C1CCN(C(=O)c2ccc(-c3cncnc3)cc2)CC1. The summed E-state index contributed by atoms with van der Waals surface area (Å²) < 4.78 is 0. The average molecular weight is 393 g/mol. The molecule has 2 fully saturated rings. The third kappa shape index (κ3) is 4.81. The Balaban J connectivity index is 1.30. The van der Waals surface area contributed by atoms with Crippen LogP contribution in [-0.4, -0.2) is 45.8 Å². The fourth-order valence-corrected chi connectivity index (χ4v) is 4.35. The highest BCUT2D eigenvalue weighted by Gasteiger charge is 2.29. The molecule has 0 spiro atoms. The molecule has 6 nitrogen and oxygen atoms in total. The largest absolute Gasteiger partial charge is 0.353 e. The summed E-state index contributed by atoms with van der Waals surface area (Å²) in [5.41, 5.74) is 2.59. The Labute approximate surface area is 171 Å². The van der Waals surface area contributed by atoms with E-state index >= 15 is 0 Å². The molecule has 1 N–H and O–H groups in total. The van der Waals surface area contributed by atoms with Gasteiger partial charge in [-0.25, -0.2) is 9.97 Å².